The lowest BCUT2D eigenvalue weighted by Crippen LogP contribution is -2.27. The molecule has 0 saturated carbocycles. The lowest BCUT2D eigenvalue weighted by molar-refractivity contribution is 0.0691. The zero-order chi connectivity index (χ0) is 26.4. The predicted octanol–water partition coefficient (Wildman–Crippen LogP) is 4.45. The third-order valence-electron chi connectivity index (χ3n) is 6.27. The highest BCUT2D eigenvalue weighted by Crippen LogP contribution is 2.31. The molecule has 0 amide bonds. The number of carbonyl (C=O) groups is 1. The number of nitrogens with zero attached hydrogens (tertiary/aromatic N) is 5. The van der Waals surface area contributed by atoms with Crippen molar-refractivity contribution in [3.8, 4) is 6.07 Å². The number of benzene rings is 1. The van der Waals surface area contributed by atoms with Crippen molar-refractivity contribution in [3.05, 3.63) is 97.4 Å². The van der Waals surface area contributed by atoms with E-state index < -0.39 is 17.6 Å². The van der Waals surface area contributed by atoms with Gasteiger partial charge < -0.3 is 15.3 Å². The maximum atomic E-state index is 13.8. The van der Waals surface area contributed by atoms with Crippen LogP contribution in [0.5, 0.6) is 0 Å². The first-order valence-electron chi connectivity index (χ1n) is 11.3. The Morgan fingerprint density at radius 1 is 1.22 bits per heavy atom. The number of anilines is 2. The molecule has 2 N–H and O–H groups in total. The van der Waals surface area contributed by atoms with E-state index in [0.717, 1.165) is 16.7 Å². The largest absolute Gasteiger partial charge is 0.476 e. The number of halogens is 2. The van der Waals surface area contributed by atoms with Gasteiger partial charge in [-0.1, -0.05) is 17.7 Å². The minimum absolute atomic E-state index is 0.0463. The molecule has 1 aliphatic rings. The molecule has 9 nitrogen and oxygen atoms in total. The number of aryl methyl sites for hydroxylation is 1. The molecular formula is C26H20ClFN6O3. The maximum absolute atomic E-state index is 13.8. The summed E-state index contributed by atoms with van der Waals surface area (Å²) in [7, 11) is 0. The van der Waals surface area contributed by atoms with E-state index in [1.165, 1.54) is 28.7 Å². The lowest BCUT2D eigenvalue weighted by Gasteiger charge is -2.22. The summed E-state index contributed by atoms with van der Waals surface area (Å²) < 4.78 is 15.1. The molecule has 0 fully saturated rings. The second kappa shape index (κ2) is 9.19. The first-order chi connectivity index (χ1) is 17.7. The third-order valence-corrected chi connectivity index (χ3v) is 6.49. The van der Waals surface area contributed by atoms with E-state index in [1.807, 2.05) is 12.1 Å². The van der Waals surface area contributed by atoms with Gasteiger partial charge in [-0.25, -0.2) is 19.2 Å². The molecule has 0 bridgehead atoms. The highest BCUT2D eigenvalue weighted by Gasteiger charge is 2.27. The van der Waals surface area contributed by atoms with Gasteiger partial charge in [0.05, 0.1) is 11.7 Å². The molecule has 0 saturated heterocycles. The van der Waals surface area contributed by atoms with Crippen molar-refractivity contribution in [2.75, 3.05) is 10.2 Å². The van der Waals surface area contributed by atoms with Gasteiger partial charge in [0.1, 0.15) is 22.7 Å². The van der Waals surface area contributed by atoms with E-state index in [4.69, 9.17) is 16.6 Å². The Hall–Kier alpha value is -4.49. The van der Waals surface area contributed by atoms with Gasteiger partial charge in [0, 0.05) is 24.8 Å². The van der Waals surface area contributed by atoms with Gasteiger partial charge >= 0.3 is 5.97 Å². The van der Waals surface area contributed by atoms with Crippen molar-refractivity contribution in [2.24, 2.45) is 0 Å². The number of aromatic carboxylic acids is 1. The minimum atomic E-state index is -1.24. The molecule has 37 heavy (non-hydrogen) atoms. The summed E-state index contributed by atoms with van der Waals surface area (Å²) >= 11 is 5.88. The fourth-order valence-corrected chi connectivity index (χ4v) is 4.73. The first kappa shape index (κ1) is 24.2. The summed E-state index contributed by atoms with van der Waals surface area (Å²) in [5.74, 6) is -1.39. The van der Waals surface area contributed by atoms with Gasteiger partial charge in [-0.2, -0.15) is 5.26 Å². The van der Waals surface area contributed by atoms with Crippen LogP contribution in [0.3, 0.4) is 0 Å². The van der Waals surface area contributed by atoms with Gasteiger partial charge in [0.15, 0.2) is 17.1 Å². The number of carboxylic acids is 1. The number of carboxylic acid groups (broad SMARTS) is 1. The Bertz CT molecular complexity index is 1700. The monoisotopic (exact) mass is 518 g/mol. The predicted molar refractivity (Wildman–Crippen MR) is 135 cm³/mol. The number of nitrogens with one attached hydrogen (secondary N) is 1. The van der Waals surface area contributed by atoms with Gasteiger partial charge in [0.25, 0.3) is 5.56 Å². The smallest absolute Gasteiger partial charge is 0.356 e. The zero-order valence-corrected chi connectivity index (χ0v) is 20.5. The van der Waals surface area contributed by atoms with Gasteiger partial charge in [0.2, 0.25) is 0 Å². The van der Waals surface area contributed by atoms with Crippen LogP contribution in [0.25, 0.3) is 5.65 Å². The average Bonchev–Trinajstić information content (AvgIpc) is 3.27. The second-order valence-corrected chi connectivity index (χ2v) is 9.25. The summed E-state index contributed by atoms with van der Waals surface area (Å²) in [6.45, 7) is 4.28. The fraction of sp³-hybridized carbons (Fsp3) is 0.192. The summed E-state index contributed by atoms with van der Waals surface area (Å²) in [4.78, 5) is 35.5. The summed E-state index contributed by atoms with van der Waals surface area (Å²) in [6.07, 6.45) is 1.60. The van der Waals surface area contributed by atoms with E-state index in [2.05, 4.69) is 10.3 Å². The van der Waals surface area contributed by atoms with E-state index in [-0.39, 0.29) is 33.7 Å². The van der Waals surface area contributed by atoms with Gasteiger partial charge in [-0.3, -0.25) is 9.20 Å². The van der Waals surface area contributed by atoms with Crippen molar-refractivity contribution in [1.29, 1.82) is 5.26 Å². The van der Waals surface area contributed by atoms with Crippen LogP contribution in [0.1, 0.15) is 51.3 Å². The Balaban J connectivity index is 1.63. The minimum Gasteiger partial charge on any atom is -0.476 e. The lowest BCUT2D eigenvalue weighted by atomic mass is 10.1. The quantitative estimate of drug-likeness (QED) is 0.371. The zero-order valence-electron chi connectivity index (χ0n) is 19.8. The second-order valence-electron chi connectivity index (χ2n) is 8.86. The molecule has 3 aromatic heterocycles. The van der Waals surface area contributed by atoms with Crippen molar-refractivity contribution in [3.63, 3.8) is 0 Å². The number of aromatic nitrogens is 3. The Kier molecular flexibility index (Phi) is 6.01. The number of hydrogen-bond acceptors (Lipinski definition) is 7. The third kappa shape index (κ3) is 4.34. The van der Waals surface area contributed by atoms with Crippen LogP contribution in [0, 0.1) is 24.1 Å². The molecule has 0 aliphatic carbocycles. The van der Waals surface area contributed by atoms with Crippen LogP contribution in [0.2, 0.25) is 5.15 Å². The molecule has 1 atom stereocenters. The molecular weight excluding hydrogens is 499 g/mol. The van der Waals surface area contributed by atoms with Crippen molar-refractivity contribution in [2.45, 2.75) is 33.0 Å². The van der Waals surface area contributed by atoms with Crippen LogP contribution in [-0.2, 0) is 13.1 Å². The molecule has 1 unspecified atom stereocenters. The van der Waals surface area contributed by atoms with Crippen LogP contribution >= 0.6 is 11.6 Å². The Labute approximate surface area is 215 Å². The van der Waals surface area contributed by atoms with Crippen molar-refractivity contribution >= 4 is 34.7 Å². The number of rotatable bonds is 5. The van der Waals surface area contributed by atoms with Crippen LogP contribution in [0.4, 0.5) is 15.9 Å². The standard InChI is InChI=1S/C26H20ClFN6O3/c1-13-7-18(14(2)30-20-5-6-21(27)31-22(20)26(36)37)24-32-23(19(9-29)25(35)34(24)10-13)33-11-15-3-4-17(28)8-16(15)12-33/h3-8,10,14,30H,11-12H2,1-2H3,(H,36,37). The van der Waals surface area contributed by atoms with E-state index in [9.17, 15) is 24.3 Å². The maximum Gasteiger partial charge on any atom is 0.356 e. The summed E-state index contributed by atoms with van der Waals surface area (Å²) in [6, 6.07) is 10.8. The van der Waals surface area contributed by atoms with E-state index in [1.54, 1.807) is 31.0 Å². The molecule has 0 spiro atoms. The fourth-order valence-electron chi connectivity index (χ4n) is 4.58. The van der Waals surface area contributed by atoms with Crippen LogP contribution in [0.15, 0.2) is 47.4 Å². The Morgan fingerprint density at radius 2 is 1.97 bits per heavy atom. The molecule has 1 aromatic carbocycles. The van der Waals surface area contributed by atoms with Crippen molar-refractivity contribution < 1.29 is 14.3 Å². The number of nitriles is 1. The van der Waals surface area contributed by atoms with Crippen LogP contribution < -0.4 is 15.8 Å². The molecule has 1 aliphatic heterocycles. The topological polar surface area (TPSA) is 124 Å². The van der Waals surface area contributed by atoms with E-state index >= 15 is 0 Å². The SMILES string of the molecule is Cc1cc(C(C)Nc2ccc(Cl)nc2C(=O)O)c2nc(N3Cc4ccc(F)cc4C3)c(C#N)c(=O)n2c1. The molecule has 11 heteroatoms. The summed E-state index contributed by atoms with van der Waals surface area (Å²) in [5.41, 5.74) is 2.69. The first-order valence-corrected chi connectivity index (χ1v) is 11.7. The van der Waals surface area contributed by atoms with Crippen LogP contribution in [-0.4, -0.2) is 25.4 Å². The number of pyridine rings is 2. The molecule has 4 aromatic rings. The highest BCUT2D eigenvalue weighted by atomic mass is 35.5. The van der Waals surface area contributed by atoms with Gasteiger partial charge in [-0.15, -0.1) is 0 Å². The summed E-state index contributed by atoms with van der Waals surface area (Å²) in [5, 5.41) is 22.6. The van der Waals surface area contributed by atoms with E-state index in [0.29, 0.717) is 24.3 Å². The average molecular weight is 519 g/mol. The Morgan fingerprint density at radius 3 is 2.70 bits per heavy atom. The number of fused-ring (bicyclic) bond motifs is 2. The van der Waals surface area contributed by atoms with Gasteiger partial charge in [-0.05, 0) is 60.9 Å². The highest BCUT2D eigenvalue weighted by molar-refractivity contribution is 6.29. The van der Waals surface area contributed by atoms with Crippen molar-refractivity contribution in [1.82, 2.24) is 14.4 Å². The number of hydrogen-bond donors (Lipinski definition) is 2. The molecule has 186 valence electrons. The molecule has 5 rings (SSSR count). The normalized spacial score (nSPS) is 13.3. The molecule has 4 heterocycles. The molecule has 0 radical (unpaired) electrons.